The monoisotopic (exact) mass is 328 g/mol. The maximum absolute atomic E-state index is 11.9. The number of piperidine rings is 1. The van der Waals surface area contributed by atoms with E-state index >= 15 is 0 Å². The molecule has 4 aliphatic rings. The third kappa shape index (κ3) is 1.91. The summed E-state index contributed by atoms with van der Waals surface area (Å²) in [5.74, 6) is 1.75. The molecule has 0 amide bonds. The Labute approximate surface area is 144 Å². The summed E-state index contributed by atoms with van der Waals surface area (Å²) in [7, 11) is 1.72. The maximum Gasteiger partial charge on any atom is 0.119 e. The predicted octanol–water partition coefficient (Wildman–Crippen LogP) is 1.83. The minimum atomic E-state index is -0.682. The summed E-state index contributed by atoms with van der Waals surface area (Å²) in [5.41, 5.74) is 8.24. The molecule has 1 saturated heterocycles. The zero-order valence-electron chi connectivity index (χ0n) is 14.5. The summed E-state index contributed by atoms with van der Waals surface area (Å²) in [6.45, 7) is 2.25. The van der Waals surface area contributed by atoms with Crippen molar-refractivity contribution in [2.24, 2.45) is 11.7 Å². The highest BCUT2D eigenvalue weighted by atomic mass is 16.5. The van der Waals surface area contributed by atoms with Crippen molar-refractivity contribution in [2.45, 2.75) is 61.6 Å². The van der Waals surface area contributed by atoms with Crippen LogP contribution in [0.2, 0.25) is 0 Å². The van der Waals surface area contributed by atoms with E-state index in [0.717, 1.165) is 50.4 Å². The lowest BCUT2D eigenvalue weighted by atomic mass is 9.56. The number of hydrogen-bond donors (Lipinski definition) is 2. The molecule has 130 valence electrons. The summed E-state index contributed by atoms with van der Waals surface area (Å²) >= 11 is 0. The Kier molecular flexibility index (Phi) is 3.14. The molecule has 24 heavy (non-hydrogen) atoms. The van der Waals surface area contributed by atoms with Gasteiger partial charge in [0.05, 0.1) is 12.7 Å². The number of nitrogens with zero attached hydrogens (tertiary/aromatic N) is 1. The van der Waals surface area contributed by atoms with Gasteiger partial charge in [0, 0.05) is 24.0 Å². The van der Waals surface area contributed by atoms with Gasteiger partial charge in [0.25, 0.3) is 0 Å². The van der Waals surface area contributed by atoms with Crippen LogP contribution in [0.25, 0.3) is 0 Å². The van der Waals surface area contributed by atoms with E-state index in [9.17, 15) is 5.11 Å². The lowest BCUT2D eigenvalue weighted by Crippen LogP contribution is -2.69. The molecule has 1 aromatic carbocycles. The van der Waals surface area contributed by atoms with Crippen molar-refractivity contribution in [3.05, 3.63) is 29.3 Å². The fourth-order valence-corrected chi connectivity index (χ4v) is 6.00. The summed E-state index contributed by atoms with van der Waals surface area (Å²) in [5, 5.41) is 11.9. The first-order chi connectivity index (χ1) is 11.6. The average Bonchev–Trinajstić information content (AvgIpc) is 3.31. The number of ether oxygens (including phenoxy) is 1. The molecule has 4 heteroatoms. The lowest BCUT2D eigenvalue weighted by molar-refractivity contribution is -0.131. The zero-order chi connectivity index (χ0) is 16.5. The molecule has 3 aliphatic carbocycles. The molecule has 5 rings (SSSR count). The maximum atomic E-state index is 11.9. The molecule has 0 aromatic heterocycles. The van der Waals surface area contributed by atoms with Crippen LogP contribution in [0.4, 0.5) is 0 Å². The number of nitrogens with two attached hydrogens (primary N) is 1. The highest BCUT2D eigenvalue weighted by molar-refractivity contribution is 5.49. The van der Waals surface area contributed by atoms with Gasteiger partial charge in [-0.3, -0.25) is 4.90 Å². The van der Waals surface area contributed by atoms with Crippen molar-refractivity contribution in [3.8, 4) is 5.75 Å². The van der Waals surface area contributed by atoms with Gasteiger partial charge >= 0.3 is 0 Å². The number of hydrogen-bond acceptors (Lipinski definition) is 4. The second-order valence-electron chi connectivity index (χ2n) is 8.61. The van der Waals surface area contributed by atoms with Crippen LogP contribution in [0, 0.1) is 5.92 Å². The molecule has 2 bridgehead atoms. The van der Waals surface area contributed by atoms with Gasteiger partial charge in [0.1, 0.15) is 5.75 Å². The molecular formula is C20H28N2O2. The van der Waals surface area contributed by atoms with Gasteiger partial charge in [-0.25, -0.2) is 0 Å². The number of methoxy groups -OCH3 is 1. The fraction of sp³-hybridized carbons (Fsp3) is 0.700. The molecule has 1 heterocycles. The standard InChI is InChI=1S/C20H28N2O2/c1-24-16-5-4-14-8-18-20(23)11-15(21)10-19(20,17(14)9-16)6-7-22(18)12-13-2-3-13/h4-5,9,13,15,18,23H,2-3,6-8,10-12,21H2,1H3/t15-,18-,19-,20-/m1/s1. The van der Waals surface area contributed by atoms with Crippen LogP contribution in [0.15, 0.2) is 18.2 Å². The summed E-state index contributed by atoms with van der Waals surface area (Å²) in [6.07, 6.45) is 6.31. The zero-order valence-corrected chi connectivity index (χ0v) is 14.5. The lowest BCUT2D eigenvalue weighted by Gasteiger charge is -2.59. The van der Waals surface area contributed by atoms with Crippen LogP contribution < -0.4 is 10.5 Å². The van der Waals surface area contributed by atoms with E-state index in [4.69, 9.17) is 10.5 Å². The Bertz CT molecular complexity index is 674. The van der Waals surface area contributed by atoms with Gasteiger partial charge in [-0.05, 0) is 74.2 Å². The molecule has 0 unspecified atom stereocenters. The number of fused-ring (bicyclic) bond motifs is 1. The molecule has 3 N–H and O–H groups in total. The summed E-state index contributed by atoms with van der Waals surface area (Å²) in [4.78, 5) is 2.58. The van der Waals surface area contributed by atoms with E-state index < -0.39 is 5.60 Å². The third-order valence-electron chi connectivity index (χ3n) is 7.27. The Balaban J connectivity index is 1.63. The second-order valence-corrected chi connectivity index (χ2v) is 8.61. The highest BCUT2D eigenvalue weighted by Crippen LogP contribution is 2.60. The number of aliphatic hydroxyl groups is 1. The molecule has 4 nitrogen and oxygen atoms in total. The van der Waals surface area contributed by atoms with E-state index in [1.807, 2.05) is 0 Å². The van der Waals surface area contributed by atoms with Crippen LogP contribution in [0.1, 0.15) is 43.2 Å². The van der Waals surface area contributed by atoms with Crippen molar-refractivity contribution >= 4 is 0 Å². The smallest absolute Gasteiger partial charge is 0.119 e. The van der Waals surface area contributed by atoms with E-state index in [0.29, 0.717) is 0 Å². The molecule has 2 saturated carbocycles. The molecule has 3 fully saturated rings. The first-order valence-electron chi connectivity index (χ1n) is 9.45. The molecule has 1 aromatic rings. The van der Waals surface area contributed by atoms with Crippen LogP contribution in [0.5, 0.6) is 5.75 Å². The molecule has 1 aliphatic heterocycles. The quantitative estimate of drug-likeness (QED) is 0.889. The Hall–Kier alpha value is -1.10. The SMILES string of the molecule is COc1ccc2c(c1)[C@]13CCN(CC4CC4)[C@H](C2)[C@]1(O)C[C@H](N)C3. The van der Waals surface area contributed by atoms with Crippen molar-refractivity contribution < 1.29 is 9.84 Å². The van der Waals surface area contributed by atoms with Crippen molar-refractivity contribution in [2.75, 3.05) is 20.2 Å². The average molecular weight is 328 g/mol. The molecule has 0 radical (unpaired) electrons. The van der Waals surface area contributed by atoms with Gasteiger partial charge in [-0.1, -0.05) is 6.07 Å². The number of benzene rings is 1. The van der Waals surface area contributed by atoms with Crippen molar-refractivity contribution in [1.82, 2.24) is 4.90 Å². The fourth-order valence-electron chi connectivity index (χ4n) is 6.00. The van der Waals surface area contributed by atoms with Crippen LogP contribution >= 0.6 is 0 Å². The van der Waals surface area contributed by atoms with Gasteiger partial charge in [-0.15, -0.1) is 0 Å². The Morgan fingerprint density at radius 2 is 2.17 bits per heavy atom. The summed E-state index contributed by atoms with van der Waals surface area (Å²) in [6, 6.07) is 6.77. The van der Waals surface area contributed by atoms with Gasteiger partial charge in [0.15, 0.2) is 0 Å². The van der Waals surface area contributed by atoms with E-state index in [-0.39, 0.29) is 17.5 Å². The van der Waals surface area contributed by atoms with Crippen LogP contribution in [-0.4, -0.2) is 47.9 Å². The van der Waals surface area contributed by atoms with Gasteiger partial charge < -0.3 is 15.6 Å². The normalized spacial score (nSPS) is 41.0. The molecule has 0 spiro atoms. The van der Waals surface area contributed by atoms with E-state index in [1.54, 1.807) is 7.11 Å². The topological polar surface area (TPSA) is 58.7 Å². The number of rotatable bonds is 3. The van der Waals surface area contributed by atoms with Crippen molar-refractivity contribution in [1.29, 1.82) is 0 Å². The van der Waals surface area contributed by atoms with Gasteiger partial charge in [0.2, 0.25) is 0 Å². The Morgan fingerprint density at radius 3 is 2.92 bits per heavy atom. The van der Waals surface area contributed by atoms with E-state index in [2.05, 4.69) is 23.1 Å². The second kappa shape index (κ2) is 4.96. The van der Waals surface area contributed by atoms with Crippen LogP contribution in [0.3, 0.4) is 0 Å². The summed E-state index contributed by atoms with van der Waals surface area (Å²) < 4.78 is 5.48. The predicted molar refractivity (Wildman–Crippen MR) is 93.2 cm³/mol. The highest BCUT2D eigenvalue weighted by Gasteiger charge is 2.66. The molecule has 4 atom stereocenters. The minimum absolute atomic E-state index is 0.0931. The third-order valence-corrected chi connectivity index (χ3v) is 7.27. The van der Waals surface area contributed by atoms with E-state index in [1.165, 1.54) is 24.0 Å². The van der Waals surface area contributed by atoms with Crippen molar-refractivity contribution in [3.63, 3.8) is 0 Å². The Morgan fingerprint density at radius 1 is 1.33 bits per heavy atom. The largest absolute Gasteiger partial charge is 0.497 e. The molecular weight excluding hydrogens is 300 g/mol. The van der Waals surface area contributed by atoms with Crippen LogP contribution in [-0.2, 0) is 11.8 Å². The number of likely N-dealkylation sites (tertiary alicyclic amines) is 1. The minimum Gasteiger partial charge on any atom is -0.497 e. The first-order valence-corrected chi connectivity index (χ1v) is 9.45. The first kappa shape index (κ1) is 15.2. The van der Waals surface area contributed by atoms with Gasteiger partial charge in [-0.2, -0.15) is 0 Å².